The minimum atomic E-state index is -1.45. The third-order valence-corrected chi connectivity index (χ3v) is 15.4. The predicted molar refractivity (Wildman–Crippen MR) is 266 cm³/mol. The SMILES string of the molecule is CC(=O)OC[C@@H](OC(C)=O)[C@@H](OC(C)=O)[C@@H]1O[C@@](C[Se]c2ccccc2)(C[C@H]2[C@@H](OCc3ccccc3)[C@@H](COCc3ccccc3)O[C@@H](OCc3ccccc3)[C@@H]2OCc2ccccc2)C[C@@H]2OC(=O)O[C@H]12. The molecule has 0 radical (unpaired) electrons. The summed E-state index contributed by atoms with van der Waals surface area (Å²) in [5, 5.41) is 0.398. The number of carbonyl (C=O) groups excluding carboxylic acids is 4. The Kier molecular flexibility index (Phi) is 19.2. The van der Waals surface area contributed by atoms with Crippen LogP contribution in [-0.2, 0) is 92.9 Å². The van der Waals surface area contributed by atoms with Crippen LogP contribution in [0.25, 0.3) is 0 Å². The Balaban J connectivity index is 1.26. The Hall–Kier alpha value is -5.94. The quantitative estimate of drug-likeness (QED) is 0.0336. The second kappa shape index (κ2) is 26.3. The van der Waals surface area contributed by atoms with Gasteiger partial charge in [0, 0.05) is 0 Å². The normalized spacial score (nSPS) is 25.3. The molecule has 5 aromatic rings. The molecule has 0 unspecified atom stereocenters. The molecule has 0 spiro atoms. The van der Waals surface area contributed by atoms with Crippen LogP contribution in [0.1, 0.15) is 55.9 Å². The summed E-state index contributed by atoms with van der Waals surface area (Å²) in [5.74, 6) is -2.75. The van der Waals surface area contributed by atoms with Gasteiger partial charge in [-0.15, -0.1) is 0 Å². The van der Waals surface area contributed by atoms with Gasteiger partial charge in [0.1, 0.15) is 0 Å². The first kappa shape index (κ1) is 53.4. The molecule has 11 atom stereocenters. The fourth-order valence-electron chi connectivity index (χ4n) is 9.54. The van der Waals surface area contributed by atoms with Gasteiger partial charge in [-0.1, -0.05) is 6.07 Å². The van der Waals surface area contributed by atoms with E-state index in [4.69, 9.17) is 52.1 Å². The standard InChI is InChI=1S/C57H62O15Se/c1-38(58)63-36-49(67-39(2)59)53(68-40(3)60)54-52-47(70-56(61)71-52)30-57(72-54,37-73-45-27-17-8-18-28-45)29-46-50(64-32-42-21-11-5-12-22-42)48(35-62-31-41-19-9-4-10-20-41)69-55(66-34-44-25-15-7-16-26-44)51(46)65-33-43-23-13-6-14-24-43/h4-28,46-55H,29-37H2,1-3H3/t46-,47-,48+,49+,50+,51+,52-,53+,54+,55+,57-/m0/s1. The van der Waals surface area contributed by atoms with E-state index in [9.17, 15) is 19.2 Å². The summed E-state index contributed by atoms with van der Waals surface area (Å²) in [5.41, 5.74) is 2.51. The molecular weight excluding hydrogens is 1000 g/mol. The van der Waals surface area contributed by atoms with Crippen LogP contribution < -0.4 is 4.46 Å². The fraction of sp³-hybridized carbons (Fsp3) is 0.404. The second-order valence-corrected chi connectivity index (χ2v) is 20.5. The van der Waals surface area contributed by atoms with Gasteiger partial charge in [-0.3, -0.25) is 0 Å². The summed E-state index contributed by atoms with van der Waals surface area (Å²) >= 11 is -0.278. The summed E-state index contributed by atoms with van der Waals surface area (Å²) in [6.07, 6.45) is -10.0. The zero-order valence-corrected chi connectivity index (χ0v) is 42.8. The van der Waals surface area contributed by atoms with E-state index in [1.54, 1.807) is 0 Å². The summed E-state index contributed by atoms with van der Waals surface area (Å²) in [6.45, 7) is 4.10. The van der Waals surface area contributed by atoms with Gasteiger partial charge in [-0.2, -0.15) is 0 Å². The van der Waals surface area contributed by atoms with E-state index in [0.29, 0.717) is 11.9 Å². The predicted octanol–water partition coefficient (Wildman–Crippen LogP) is 7.63. The number of rotatable bonds is 24. The van der Waals surface area contributed by atoms with E-state index in [1.165, 1.54) is 20.8 Å². The van der Waals surface area contributed by atoms with Crippen molar-refractivity contribution >= 4 is 43.5 Å². The first-order chi connectivity index (χ1) is 35.5. The molecule has 0 bridgehead atoms. The maximum atomic E-state index is 13.3. The van der Waals surface area contributed by atoms with E-state index in [-0.39, 0.29) is 54.2 Å². The van der Waals surface area contributed by atoms with Gasteiger partial charge in [0.05, 0.1) is 0 Å². The van der Waals surface area contributed by atoms with E-state index >= 15 is 0 Å². The van der Waals surface area contributed by atoms with E-state index in [1.807, 2.05) is 152 Å². The van der Waals surface area contributed by atoms with Crippen molar-refractivity contribution in [2.45, 2.75) is 126 Å². The molecule has 3 heterocycles. The fourth-order valence-corrected chi connectivity index (χ4v) is 11.8. The summed E-state index contributed by atoms with van der Waals surface area (Å²) in [6, 6.07) is 49.3. The molecule has 0 saturated carbocycles. The molecule has 0 aliphatic carbocycles. The molecule has 0 amide bonds. The van der Waals surface area contributed by atoms with Crippen molar-refractivity contribution in [2.75, 3.05) is 13.2 Å². The van der Waals surface area contributed by atoms with Gasteiger partial charge in [0.15, 0.2) is 0 Å². The topological polar surface area (TPSA) is 170 Å². The van der Waals surface area contributed by atoms with Crippen molar-refractivity contribution in [3.05, 3.63) is 174 Å². The zero-order valence-electron chi connectivity index (χ0n) is 41.1. The van der Waals surface area contributed by atoms with E-state index in [2.05, 4.69) is 0 Å². The van der Waals surface area contributed by atoms with Crippen LogP contribution in [0, 0.1) is 5.92 Å². The zero-order chi connectivity index (χ0) is 51.0. The van der Waals surface area contributed by atoms with Crippen LogP contribution in [-0.4, -0.2) is 113 Å². The molecule has 0 N–H and O–H groups in total. The molecule has 3 aliphatic heterocycles. The number of hydrogen-bond acceptors (Lipinski definition) is 15. The van der Waals surface area contributed by atoms with Crippen LogP contribution in [0.3, 0.4) is 0 Å². The molecule has 386 valence electrons. The summed E-state index contributed by atoms with van der Waals surface area (Å²) in [7, 11) is 0. The van der Waals surface area contributed by atoms with E-state index in [0.717, 1.165) is 26.7 Å². The van der Waals surface area contributed by atoms with E-state index < -0.39 is 97.3 Å². The second-order valence-electron chi connectivity index (χ2n) is 18.3. The van der Waals surface area contributed by atoms with Gasteiger partial charge in [0.25, 0.3) is 0 Å². The Morgan fingerprint density at radius 2 is 1.15 bits per heavy atom. The van der Waals surface area contributed by atoms with Gasteiger partial charge in [0.2, 0.25) is 0 Å². The van der Waals surface area contributed by atoms with Gasteiger partial charge >= 0.3 is 428 Å². The molecule has 3 saturated heterocycles. The van der Waals surface area contributed by atoms with Crippen LogP contribution in [0.2, 0.25) is 5.32 Å². The first-order valence-electron chi connectivity index (χ1n) is 24.5. The van der Waals surface area contributed by atoms with Crippen LogP contribution in [0.15, 0.2) is 152 Å². The number of esters is 3. The van der Waals surface area contributed by atoms with Gasteiger partial charge in [-0.25, -0.2) is 0 Å². The maximum absolute atomic E-state index is 13.3. The summed E-state index contributed by atoms with van der Waals surface area (Å²) < 4.78 is 72.1. The molecule has 0 aromatic heterocycles. The molecular formula is C57H62O15Se. The molecule has 8 rings (SSSR count). The van der Waals surface area contributed by atoms with Crippen molar-refractivity contribution in [3.8, 4) is 0 Å². The van der Waals surface area contributed by atoms with Crippen molar-refractivity contribution in [3.63, 3.8) is 0 Å². The Morgan fingerprint density at radius 1 is 0.630 bits per heavy atom. The van der Waals surface area contributed by atoms with Crippen molar-refractivity contribution in [1.82, 2.24) is 0 Å². The number of ether oxygens (including phenoxy) is 11. The van der Waals surface area contributed by atoms with Crippen LogP contribution in [0.4, 0.5) is 4.79 Å². The molecule has 3 aliphatic rings. The summed E-state index contributed by atoms with van der Waals surface area (Å²) in [4.78, 5) is 51.4. The average molecular weight is 1070 g/mol. The molecule has 15 nitrogen and oxygen atoms in total. The number of hydrogen-bond donors (Lipinski definition) is 0. The first-order valence-corrected chi connectivity index (χ1v) is 26.5. The third-order valence-electron chi connectivity index (χ3n) is 12.8. The third kappa shape index (κ3) is 15.3. The minimum absolute atomic E-state index is 0.108. The Labute approximate surface area is 432 Å². The van der Waals surface area contributed by atoms with Gasteiger partial charge < -0.3 is 0 Å². The number of carbonyl (C=O) groups is 4. The molecule has 5 aromatic carbocycles. The number of fused-ring (bicyclic) bond motifs is 1. The number of benzene rings is 5. The molecule has 16 heteroatoms. The average Bonchev–Trinajstić information content (AvgIpc) is 3.78. The van der Waals surface area contributed by atoms with Gasteiger partial charge in [-0.05, 0) is 0 Å². The Morgan fingerprint density at radius 3 is 1.70 bits per heavy atom. The van der Waals surface area contributed by atoms with Crippen molar-refractivity contribution < 1.29 is 71.3 Å². The van der Waals surface area contributed by atoms with Crippen molar-refractivity contribution in [2.24, 2.45) is 5.92 Å². The molecule has 3 fully saturated rings. The van der Waals surface area contributed by atoms with Crippen molar-refractivity contribution in [1.29, 1.82) is 0 Å². The Bertz CT molecular complexity index is 2510. The monoisotopic (exact) mass is 1070 g/mol. The van der Waals surface area contributed by atoms with Crippen LogP contribution >= 0.6 is 0 Å². The van der Waals surface area contributed by atoms with Crippen LogP contribution in [0.5, 0.6) is 0 Å². The molecule has 73 heavy (non-hydrogen) atoms.